The van der Waals surface area contributed by atoms with Crippen LogP contribution in [0.4, 0.5) is 5.69 Å². The Bertz CT molecular complexity index is 1030. The maximum atomic E-state index is 11.3. The first kappa shape index (κ1) is 19.8. The molecule has 0 heterocycles. The molecule has 1 aliphatic rings. The fraction of sp³-hybridized carbons (Fsp3) is 0.409. The topological polar surface area (TPSA) is 66.7 Å². The van der Waals surface area contributed by atoms with E-state index in [4.69, 9.17) is 0 Å². The quantitative estimate of drug-likeness (QED) is 0.583. The molecule has 5 heteroatoms. The second-order valence-electron chi connectivity index (χ2n) is 8.65. The zero-order valence-electron chi connectivity index (χ0n) is 16.7. The van der Waals surface area contributed by atoms with E-state index in [-0.39, 0.29) is 15.7 Å². The molecule has 0 spiro atoms. The molecule has 0 saturated carbocycles. The summed E-state index contributed by atoms with van der Waals surface area (Å²) >= 11 is 0. The van der Waals surface area contributed by atoms with E-state index in [1.54, 1.807) is 18.3 Å². The van der Waals surface area contributed by atoms with Gasteiger partial charge in [0.05, 0.1) is 10.6 Å². The average molecular weight is 386 g/mol. The number of aliphatic imine (C=N–C) groups is 1. The Morgan fingerprint density at radius 1 is 1.04 bits per heavy atom. The lowest BCUT2D eigenvalue weighted by Gasteiger charge is -2.32. The lowest BCUT2D eigenvalue weighted by molar-refractivity contribution is 0.264. The Hall–Kier alpha value is -1.98. The van der Waals surface area contributed by atoms with Crippen LogP contribution >= 0.6 is 0 Å². The molecular formula is C22H27NO3S. The molecule has 0 fully saturated rings. The summed E-state index contributed by atoms with van der Waals surface area (Å²) in [4.78, 5) is 4.29. The highest BCUT2D eigenvalue weighted by Gasteiger charge is 2.48. The Labute approximate surface area is 162 Å². The third-order valence-electron chi connectivity index (χ3n) is 6.43. The van der Waals surface area contributed by atoms with Crippen LogP contribution in [0.1, 0.15) is 56.9 Å². The molecule has 0 saturated heterocycles. The standard InChI is InChI=1S/C22H27NO3S/c1-14-10-19-20(22(5,6)15(2)21(19,3)4)11-16(14)13-23-17-8-7-9-18(12-17)27(24,25)26/h7-13,15H,1-6H3,(H,24,25,26). The van der Waals surface area contributed by atoms with Gasteiger partial charge in [-0.1, -0.05) is 46.8 Å². The van der Waals surface area contributed by atoms with Crippen molar-refractivity contribution in [3.05, 3.63) is 58.7 Å². The first-order chi connectivity index (χ1) is 12.3. The van der Waals surface area contributed by atoms with Crippen LogP contribution in [0.25, 0.3) is 0 Å². The molecule has 0 amide bonds. The van der Waals surface area contributed by atoms with Gasteiger partial charge in [-0.25, -0.2) is 0 Å². The van der Waals surface area contributed by atoms with Crippen LogP contribution in [0.15, 0.2) is 46.3 Å². The Morgan fingerprint density at radius 2 is 1.63 bits per heavy atom. The van der Waals surface area contributed by atoms with E-state index in [2.05, 4.69) is 58.7 Å². The number of hydrogen-bond donors (Lipinski definition) is 1. The Morgan fingerprint density at radius 3 is 2.22 bits per heavy atom. The van der Waals surface area contributed by atoms with E-state index in [9.17, 15) is 13.0 Å². The molecule has 1 aliphatic carbocycles. The molecule has 27 heavy (non-hydrogen) atoms. The van der Waals surface area contributed by atoms with Gasteiger partial charge in [-0.05, 0) is 70.2 Å². The molecule has 2 aromatic carbocycles. The summed E-state index contributed by atoms with van der Waals surface area (Å²) in [6.07, 6.45) is 1.77. The van der Waals surface area contributed by atoms with Gasteiger partial charge in [-0.3, -0.25) is 9.55 Å². The fourth-order valence-corrected chi connectivity index (χ4v) is 4.69. The SMILES string of the molecule is Cc1cc2c(cc1C=Nc1cccc(S(=O)(=O)O)c1)C(C)(C)C(C)C2(C)C. The lowest BCUT2D eigenvalue weighted by atomic mass is 9.71. The number of aryl methyl sites for hydroxylation is 1. The Balaban J connectivity index is 2.04. The minimum atomic E-state index is -4.23. The minimum Gasteiger partial charge on any atom is -0.282 e. The van der Waals surface area contributed by atoms with Crippen molar-refractivity contribution in [1.82, 2.24) is 0 Å². The lowest BCUT2D eigenvalue weighted by Crippen LogP contribution is -2.30. The van der Waals surface area contributed by atoms with Crippen molar-refractivity contribution in [2.75, 3.05) is 0 Å². The second-order valence-corrected chi connectivity index (χ2v) is 10.1. The van der Waals surface area contributed by atoms with Crippen molar-refractivity contribution in [1.29, 1.82) is 0 Å². The number of hydrogen-bond acceptors (Lipinski definition) is 3. The monoisotopic (exact) mass is 385 g/mol. The summed E-state index contributed by atoms with van der Waals surface area (Å²) in [5.74, 6) is 0.512. The van der Waals surface area contributed by atoms with Gasteiger partial charge < -0.3 is 0 Å². The number of fused-ring (bicyclic) bond motifs is 1. The molecule has 144 valence electrons. The van der Waals surface area contributed by atoms with Crippen molar-refractivity contribution in [3.63, 3.8) is 0 Å². The summed E-state index contributed by atoms with van der Waals surface area (Å²) in [5.41, 5.74) is 5.56. The predicted octanol–water partition coefficient (Wildman–Crippen LogP) is 5.20. The van der Waals surface area contributed by atoms with E-state index in [1.165, 1.54) is 23.3 Å². The molecule has 0 bridgehead atoms. The maximum absolute atomic E-state index is 11.3. The highest BCUT2D eigenvalue weighted by molar-refractivity contribution is 7.85. The molecular weight excluding hydrogens is 358 g/mol. The fourth-order valence-electron chi connectivity index (χ4n) is 4.17. The van der Waals surface area contributed by atoms with Gasteiger partial charge in [0, 0.05) is 6.21 Å². The van der Waals surface area contributed by atoms with Crippen LogP contribution in [0.2, 0.25) is 0 Å². The van der Waals surface area contributed by atoms with Crippen molar-refractivity contribution in [2.45, 2.75) is 57.3 Å². The predicted molar refractivity (Wildman–Crippen MR) is 110 cm³/mol. The third kappa shape index (κ3) is 3.34. The van der Waals surface area contributed by atoms with Crippen LogP contribution in [0.5, 0.6) is 0 Å². The van der Waals surface area contributed by atoms with E-state index < -0.39 is 10.1 Å². The maximum Gasteiger partial charge on any atom is 0.294 e. The molecule has 1 unspecified atom stereocenters. The van der Waals surface area contributed by atoms with Gasteiger partial charge in [0.15, 0.2) is 0 Å². The van der Waals surface area contributed by atoms with Gasteiger partial charge in [0.25, 0.3) is 10.1 Å². The van der Waals surface area contributed by atoms with Gasteiger partial charge in [0.1, 0.15) is 0 Å². The Kier molecular flexibility index (Phi) is 4.60. The highest BCUT2D eigenvalue weighted by atomic mass is 32.2. The molecule has 0 aromatic heterocycles. The summed E-state index contributed by atoms with van der Waals surface area (Å²) in [6.45, 7) is 13.6. The first-order valence-electron chi connectivity index (χ1n) is 9.12. The largest absolute Gasteiger partial charge is 0.294 e. The van der Waals surface area contributed by atoms with Gasteiger partial charge in [0.2, 0.25) is 0 Å². The van der Waals surface area contributed by atoms with Crippen LogP contribution in [-0.4, -0.2) is 19.2 Å². The molecule has 0 aliphatic heterocycles. The summed E-state index contributed by atoms with van der Waals surface area (Å²) in [5, 5.41) is 0. The van der Waals surface area contributed by atoms with Crippen LogP contribution < -0.4 is 0 Å². The minimum absolute atomic E-state index is 0.0695. The third-order valence-corrected chi connectivity index (χ3v) is 7.28. The summed E-state index contributed by atoms with van der Waals surface area (Å²) in [7, 11) is -4.23. The van der Waals surface area contributed by atoms with E-state index in [1.807, 2.05) is 0 Å². The van der Waals surface area contributed by atoms with Crippen molar-refractivity contribution in [3.8, 4) is 0 Å². The number of rotatable bonds is 3. The smallest absolute Gasteiger partial charge is 0.282 e. The first-order valence-corrected chi connectivity index (χ1v) is 10.6. The number of nitrogens with zero attached hydrogens (tertiary/aromatic N) is 1. The zero-order chi connectivity index (χ0) is 20.2. The summed E-state index contributed by atoms with van der Waals surface area (Å²) < 4.78 is 31.8. The van der Waals surface area contributed by atoms with Crippen LogP contribution in [0.3, 0.4) is 0 Å². The molecule has 3 rings (SSSR count). The molecule has 0 radical (unpaired) electrons. The van der Waals surface area contributed by atoms with E-state index >= 15 is 0 Å². The molecule has 2 aromatic rings. The van der Waals surface area contributed by atoms with Crippen molar-refractivity contribution >= 4 is 22.0 Å². The summed E-state index contributed by atoms with van der Waals surface area (Å²) in [6, 6.07) is 10.5. The van der Waals surface area contributed by atoms with Gasteiger partial charge in [-0.15, -0.1) is 0 Å². The molecule has 1 atom stereocenters. The van der Waals surface area contributed by atoms with Gasteiger partial charge in [-0.2, -0.15) is 8.42 Å². The van der Waals surface area contributed by atoms with Gasteiger partial charge >= 0.3 is 0 Å². The van der Waals surface area contributed by atoms with Crippen LogP contribution in [0, 0.1) is 12.8 Å². The molecule has 1 N–H and O–H groups in total. The zero-order valence-corrected chi connectivity index (χ0v) is 17.6. The second kappa shape index (κ2) is 6.28. The van der Waals surface area contributed by atoms with E-state index in [0.717, 1.165) is 11.1 Å². The molecule has 4 nitrogen and oxygen atoms in total. The van der Waals surface area contributed by atoms with Crippen molar-refractivity contribution < 1.29 is 13.0 Å². The number of benzene rings is 2. The highest BCUT2D eigenvalue weighted by Crippen LogP contribution is 2.53. The average Bonchev–Trinajstić information content (AvgIpc) is 2.70. The van der Waals surface area contributed by atoms with Crippen molar-refractivity contribution in [2.24, 2.45) is 10.9 Å². The van der Waals surface area contributed by atoms with Crippen LogP contribution in [-0.2, 0) is 20.9 Å². The normalized spacial score (nSPS) is 20.8. The van der Waals surface area contributed by atoms with E-state index in [0.29, 0.717) is 11.6 Å².